The number of methoxy groups -OCH3 is 1. The second-order valence-electron chi connectivity index (χ2n) is 1.26. The van der Waals surface area contributed by atoms with Gasteiger partial charge < -0.3 is 4.74 Å². The molecule has 0 aromatic rings. The predicted octanol–water partition coefficient (Wildman–Crippen LogP) is -1.09. The molecule has 3 nitrogen and oxygen atoms in total. The highest BCUT2D eigenvalue weighted by molar-refractivity contribution is 6.25. The van der Waals surface area contributed by atoms with Crippen molar-refractivity contribution in [1.29, 1.82) is 0 Å². The molecular weight excluding hydrogens is 112 g/mol. The first kappa shape index (κ1) is 7.42. The van der Waals surface area contributed by atoms with E-state index in [0.29, 0.717) is 0 Å². The van der Waals surface area contributed by atoms with Crippen LogP contribution in [0.15, 0.2) is 0 Å². The number of carbonyl (C=O) groups excluding carboxylic acids is 1. The number of ether oxygens (including phenoxy) is 1. The molecule has 0 rings (SSSR count). The highest BCUT2D eigenvalue weighted by atomic mass is 19.1. The minimum Gasteiger partial charge on any atom is -0.466 e. The smallest absolute Gasteiger partial charge is 0.347 e. The molecule has 0 saturated carbocycles. The van der Waals surface area contributed by atoms with Crippen LogP contribution in [0.1, 0.15) is 0 Å². The van der Waals surface area contributed by atoms with Crippen molar-refractivity contribution < 1.29 is 13.9 Å². The van der Waals surface area contributed by atoms with E-state index >= 15 is 0 Å². The van der Waals surface area contributed by atoms with Gasteiger partial charge in [-0.1, -0.05) is 0 Å². The number of hydrogen-bond acceptors (Lipinski definition) is 3. The fourth-order valence-corrected chi connectivity index (χ4v) is 0.156. The van der Waals surface area contributed by atoms with Crippen LogP contribution in [-0.2, 0) is 9.53 Å². The molecule has 5 heteroatoms. The molecule has 0 amide bonds. The van der Waals surface area contributed by atoms with Crippen LogP contribution in [-0.4, -0.2) is 26.6 Å². The van der Waals surface area contributed by atoms with Gasteiger partial charge in [0.15, 0.2) is 7.85 Å². The Balaban J connectivity index is 3.82. The highest BCUT2D eigenvalue weighted by Crippen LogP contribution is 1.96. The maximum atomic E-state index is 11.9. The molecule has 0 bridgehead atoms. The molecule has 0 aromatic carbocycles. The zero-order valence-corrected chi connectivity index (χ0v) is 4.35. The third-order valence-corrected chi connectivity index (χ3v) is 0.498. The third kappa shape index (κ3) is 1.93. The van der Waals surface area contributed by atoms with Crippen molar-refractivity contribution in [3.63, 3.8) is 0 Å². The van der Waals surface area contributed by atoms with Gasteiger partial charge in [0.05, 0.1) is 7.11 Å². The number of hydrogen-bond donors (Lipinski definition) is 1. The summed E-state index contributed by atoms with van der Waals surface area (Å²) in [4.78, 5) is 9.99. The van der Waals surface area contributed by atoms with Gasteiger partial charge in [0.2, 0.25) is 5.69 Å². The minimum absolute atomic E-state index is 0.996. The van der Waals surface area contributed by atoms with Crippen LogP contribution >= 0.6 is 0 Å². The Bertz CT molecular complexity index is 99.9. The number of rotatable bonds is 1. The van der Waals surface area contributed by atoms with Gasteiger partial charge >= 0.3 is 5.97 Å². The minimum atomic E-state index is -2.85. The number of carbonyl (C=O) groups is 1. The fourth-order valence-electron chi connectivity index (χ4n) is 0.156. The van der Waals surface area contributed by atoms with Crippen molar-refractivity contribution in [3.05, 3.63) is 0 Å². The van der Waals surface area contributed by atoms with E-state index in [1.807, 2.05) is 0 Å². The lowest BCUT2D eigenvalue weighted by Gasteiger charge is -2.09. The Morgan fingerprint density at radius 1 is 2.00 bits per heavy atom. The molecule has 44 valence electrons. The van der Waals surface area contributed by atoms with Crippen molar-refractivity contribution >= 4 is 13.8 Å². The predicted molar refractivity (Wildman–Crippen MR) is 25.8 cm³/mol. The lowest BCUT2D eigenvalue weighted by molar-refractivity contribution is -0.148. The summed E-state index contributed by atoms with van der Waals surface area (Å²) in [6, 6.07) is 0. The first-order valence-electron chi connectivity index (χ1n) is 1.83. The molecule has 0 aliphatic rings. The van der Waals surface area contributed by atoms with Crippen LogP contribution in [0.4, 0.5) is 4.39 Å². The first-order valence-corrected chi connectivity index (χ1v) is 1.83. The lowest BCUT2D eigenvalue weighted by Crippen LogP contribution is -2.44. The molecule has 0 aliphatic heterocycles. The van der Waals surface area contributed by atoms with E-state index in [9.17, 15) is 9.18 Å². The summed E-state index contributed by atoms with van der Waals surface area (Å²) < 4.78 is 15.7. The van der Waals surface area contributed by atoms with Crippen LogP contribution in [0.5, 0.6) is 0 Å². The van der Waals surface area contributed by atoms with Gasteiger partial charge in [-0.3, -0.25) is 5.73 Å². The zero-order valence-electron chi connectivity index (χ0n) is 4.35. The number of halogens is 1. The number of nitrogens with two attached hydrogens (primary N) is 1. The Morgan fingerprint density at radius 3 is 2.38 bits per heavy atom. The molecule has 2 radical (unpaired) electrons. The summed E-state index contributed by atoms with van der Waals surface area (Å²) >= 11 is 0. The van der Waals surface area contributed by atoms with Gasteiger partial charge in [-0.2, -0.15) is 0 Å². The zero-order chi connectivity index (χ0) is 6.78. The van der Waals surface area contributed by atoms with Crippen LogP contribution in [0.25, 0.3) is 0 Å². The molecule has 0 aliphatic carbocycles. The van der Waals surface area contributed by atoms with Gasteiger partial charge in [-0.15, -0.1) is 0 Å². The van der Waals surface area contributed by atoms with E-state index in [4.69, 9.17) is 0 Å². The van der Waals surface area contributed by atoms with Crippen molar-refractivity contribution in [2.75, 3.05) is 7.11 Å². The molecule has 0 aromatic heterocycles. The Morgan fingerprint density at radius 2 is 2.38 bits per heavy atom. The Hall–Kier alpha value is -0.575. The van der Waals surface area contributed by atoms with E-state index < -0.39 is 11.7 Å². The molecule has 8 heavy (non-hydrogen) atoms. The van der Waals surface area contributed by atoms with E-state index in [0.717, 1.165) is 7.11 Å². The van der Waals surface area contributed by atoms with E-state index in [-0.39, 0.29) is 0 Å². The molecule has 0 spiro atoms. The molecule has 0 heterocycles. The summed E-state index contributed by atoms with van der Waals surface area (Å²) in [5, 5.41) is 0. The summed E-state index contributed by atoms with van der Waals surface area (Å²) in [5.74, 6) is -1.28. The molecule has 1 unspecified atom stereocenters. The SMILES string of the molecule is [B]C(N)(F)C(=O)OC. The average molecular weight is 117 g/mol. The summed E-state index contributed by atoms with van der Waals surface area (Å²) in [5.41, 5.74) is 1.57. The van der Waals surface area contributed by atoms with Gasteiger partial charge in [0, 0.05) is 0 Å². The molecule has 2 N–H and O–H groups in total. The highest BCUT2D eigenvalue weighted by Gasteiger charge is 2.26. The first-order chi connectivity index (χ1) is 3.48. The van der Waals surface area contributed by atoms with Crippen LogP contribution in [0, 0.1) is 0 Å². The largest absolute Gasteiger partial charge is 0.466 e. The number of alkyl halides is 1. The van der Waals surface area contributed by atoms with Crippen LogP contribution in [0.3, 0.4) is 0 Å². The third-order valence-electron chi connectivity index (χ3n) is 0.498. The van der Waals surface area contributed by atoms with Gasteiger partial charge in [0.1, 0.15) is 0 Å². The molecular formula is C3H5BFNO2. The summed E-state index contributed by atoms with van der Waals surface area (Å²) in [6.45, 7) is 0. The monoisotopic (exact) mass is 117 g/mol. The van der Waals surface area contributed by atoms with E-state index in [2.05, 4.69) is 18.3 Å². The second-order valence-corrected chi connectivity index (χ2v) is 1.26. The van der Waals surface area contributed by atoms with Crippen molar-refractivity contribution in [2.24, 2.45) is 5.73 Å². The normalized spacial score (nSPS) is 16.9. The fraction of sp³-hybridized carbons (Fsp3) is 0.667. The van der Waals surface area contributed by atoms with E-state index in [1.165, 1.54) is 0 Å². The van der Waals surface area contributed by atoms with Crippen molar-refractivity contribution in [3.8, 4) is 0 Å². The average Bonchev–Trinajstić information content (AvgIpc) is 1.62. The quantitative estimate of drug-likeness (QED) is 0.269. The van der Waals surface area contributed by atoms with Crippen molar-refractivity contribution in [2.45, 2.75) is 5.69 Å². The Kier molecular flexibility index (Phi) is 1.98. The van der Waals surface area contributed by atoms with Gasteiger partial charge in [0.25, 0.3) is 0 Å². The number of esters is 1. The molecule has 1 atom stereocenters. The molecule has 0 saturated heterocycles. The van der Waals surface area contributed by atoms with Gasteiger partial charge in [-0.25, -0.2) is 9.18 Å². The molecule has 0 fully saturated rings. The van der Waals surface area contributed by atoms with Crippen LogP contribution < -0.4 is 5.73 Å². The van der Waals surface area contributed by atoms with Crippen LogP contribution in [0.2, 0.25) is 0 Å². The standard InChI is InChI=1S/C3H5BFNO2/c1-8-2(7)3(4,5)6/h6H2,1H3. The summed E-state index contributed by atoms with van der Waals surface area (Å²) in [6.07, 6.45) is 0. The van der Waals surface area contributed by atoms with Crippen molar-refractivity contribution in [1.82, 2.24) is 0 Å². The maximum absolute atomic E-state index is 11.9. The maximum Gasteiger partial charge on any atom is 0.347 e. The van der Waals surface area contributed by atoms with Gasteiger partial charge in [-0.05, 0) is 0 Å². The Labute approximate surface area is 47.4 Å². The topological polar surface area (TPSA) is 52.3 Å². The van der Waals surface area contributed by atoms with E-state index in [1.54, 1.807) is 0 Å². The summed E-state index contributed by atoms with van der Waals surface area (Å²) in [7, 11) is 5.42. The second kappa shape index (κ2) is 2.13. The lowest BCUT2D eigenvalue weighted by atomic mass is 9.95.